The molecule has 0 unspecified atom stereocenters. The van der Waals surface area contributed by atoms with Crippen LogP contribution in [-0.4, -0.2) is 24.8 Å². The summed E-state index contributed by atoms with van der Waals surface area (Å²) >= 11 is 2.20. The molecule has 74 valence electrons. The Kier molecular flexibility index (Phi) is 2.53. The molecular formula is C8H10IN5. The number of aryl methyl sites for hydroxylation is 2. The Balaban J connectivity index is 2.22. The van der Waals surface area contributed by atoms with Gasteiger partial charge in [-0.15, -0.1) is 0 Å². The molecule has 2 heterocycles. The molecule has 0 N–H and O–H groups in total. The van der Waals surface area contributed by atoms with Gasteiger partial charge in [0.15, 0.2) is 0 Å². The van der Waals surface area contributed by atoms with Crippen LogP contribution in [0.2, 0.25) is 0 Å². The van der Waals surface area contributed by atoms with Gasteiger partial charge in [-0.3, -0.25) is 4.68 Å². The van der Waals surface area contributed by atoms with Gasteiger partial charge in [0.05, 0.1) is 12.7 Å². The third kappa shape index (κ3) is 1.94. The topological polar surface area (TPSA) is 48.5 Å². The summed E-state index contributed by atoms with van der Waals surface area (Å²) < 4.78 is 2.93. The molecule has 0 fully saturated rings. The molecule has 5 nitrogen and oxygen atoms in total. The number of aromatic nitrogens is 5. The molecule has 0 aliphatic heterocycles. The van der Waals surface area contributed by atoms with E-state index >= 15 is 0 Å². The van der Waals surface area contributed by atoms with Crippen molar-refractivity contribution in [3.63, 3.8) is 0 Å². The van der Waals surface area contributed by atoms with Gasteiger partial charge in [-0.05, 0) is 35.6 Å². The molecule has 2 aromatic rings. The molecule has 0 aliphatic rings. The number of hydrogen-bond donors (Lipinski definition) is 0. The van der Waals surface area contributed by atoms with Gasteiger partial charge in [0.25, 0.3) is 0 Å². The molecule has 6 heteroatoms. The minimum absolute atomic E-state index is 0.683. The van der Waals surface area contributed by atoms with E-state index in [1.165, 1.54) is 0 Å². The second-order valence-electron chi connectivity index (χ2n) is 3.09. The molecule has 0 spiro atoms. The number of rotatable bonds is 2. The standard InChI is InChI=1S/C8H10IN5/c1-6-3-8(9)12-14(6)5-7-4-10-13(2)11-7/h3-4H,5H2,1-2H3. The first-order chi connectivity index (χ1) is 6.65. The Labute approximate surface area is 95.2 Å². The summed E-state index contributed by atoms with van der Waals surface area (Å²) in [6, 6.07) is 2.04. The minimum Gasteiger partial charge on any atom is -0.263 e. The monoisotopic (exact) mass is 303 g/mol. The van der Waals surface area contributed by atoms with Crippen molar-refractivity contribution in [2.24, 2.45) is 7.05 Å². The summed E-state index contributed by atoms with van der Waals surface area (Å²) in [4.78, 5) is 1.55. The third-order valence-corrected chi connectivity index (χ3v) is 2.44. The highest BCUT2D eigenvalue weighted by Gasteiger charge is 2.04. The van der Waals surface area contributed by atoms with Crippen molar-refractivity contribution in [2.45, 2.75) is 13.5 Å². The maximum Gasteiger partial charge on any atom is 0.123 e. The van der Waals surface area contributed by atoms with Crippen molar-refractivity contribution < 1.29 is 0 Å². The van der Waals surface area contributed by atoms with Gasteiger partial charge in [-0.1, -0.05) is 0 Å². The summed E-state index contributed by atoms with van der Waals surface area (Å²) in [5, 5.41) is 12.6. The van der Waals surface area contributed by atoms with Crippen molar-refractivity contribution in [1.29, 1.82) is 0 Å². The highest BCUT2D eigenvalue weighted by Crippen LogP contribution is 2.07. The van der Waals surface area contributed by atoms with Gasteiger partial charge >= 0.3 is 0 Å². The molecule has 0 saturated carbocycles. The first kappa shape index (κ1) is 9.63. The maximum atomic E-state index is 4.34. The number of halogens is 1. The SMILES string of the molecule is Cc1cc(I)nn1Cc1cnn(C)n1. The second-order valence-corrected chi connectivity index (χ2v) is 4.20. The van der Waals surface area contributed by atoms with Gasteiger partial charge in [-0.25, -0.2) is 0 Å². The van der Waals surface area contributed by atoms with Crippen LogP contribution in [-0.2, 0) is 13.6 Å². The van der Waals surface area contributed by atoms with E-state index in [9.17, 15) is 0 Å². The zero-order valence-electron chi connectivity index (χ0n) is 7.98. The molecule has 0 aliphatic carbocycles. The lowest BCUT2D eigenvalue weighted by Gasteiger charge is -1.99. The molecule has 0 atom stereocenters. The summed E-state index contributed by atoms with van der Waals surface area (Å²) in [5.41, 5.74) is 2.06. The summed E-state index contributed by atoms with van der Waals surface area (Å²) in [5.74, 6) is 0. The lowest BCUT2D eigenvalue weighted by molar-refractivity contribution is 0.611. The summed E-state index contributed by atoms with van der Waals surface area (Å²) in [6.07, 6.45) is 1.76. The molecule has 0 bridgehead atoms. The average Bonchev–Trinajstić information content (AvgIpc) is 2.61. The Morgan fingerprint density at radius 2 is 2.21 bits per heavy atom. The molecular weight excluding hydrogens is 293 g/mol. The van der Waals surface area contributed by atoms with E-state index in [4.69, 9.17) is 0 Å². The molecule has 2 rings (SSSR count). The first-order valence-electron chi connectivity index (χ1n) is 4.20. The van der Waals surface area contributed by atoms with Crippen LogP contribution in [0.4, 0.5) is 0 Å². The fourth-order valence-corrected chi connectivity index (χ4v) is 1.95. The smallest absolute Gasteiger partial charge is 0.123 e. The van der Waals surface area contributed by atoms with Crippen LogP contribution in [0.5, 0.6) is 0 Å². The van der Waals surface area contributed by atoms with Crippen LogP contribution in [0.15, 0.2) is 12.3 Å². The number of hydrogen-bond acceptors (Lipinski definition) is 3. The van der Waals surface area contributed by atoms with E-state index in [0.29, 0.717) is 6.54 Å². The Morgan fingerprint density at radius 1 is 1.43 bits per heavy atom. The molecule has 0 aromatic carbocycles. The Morgan fingerprint density at radius 3 is 2.71 bits per heavy atom. The van der Waals surface area contributed by atoms with E-state index in [0.717, 1.165) is 15.1 Å². The van der Waals surface area contributed by atoms with Gasteiger partial charge < -0.3 is 0 Å². The van der Waals surface area contributed by atoms with Crippen molar-refractivity contribution in [2.75, 3.05) is 0 Å². The normalized spacial score (nSPS) is 10.8. The third-order valence-electron chi connectivity index (χ3n) is 1.91. The Hall–Kier alpha value is -0.920. The van der Waals surface area contributed by atoms with Crippen molar-refractivity contribution >= 4 is 22.6 Å². The zero-order chi connectivity index (χ0) is 10.1. The highest BCUT2D eigenvalue weighted by molar-refractivity contribution is 14.1. The van der Waals surface area contributed by atoms with Crippen LogP contribution in [0, 0.1) is 10.6 Å². The van der Waals surface area contributed by atoms with E-state index in [-0.39, 0.29) is 0 Å². The fraction of sp³-hybridized carbons (Fsp3) is 0.375. The summed E-state index contributed by atoms with van der Waals surface area (Å²) in [6.45, 7) is 2.72. The van der Waals surface area contributed by atoms with Crippen molar-refractivity contribution in [3.8, 4) is 0 Å². The molecule has 0 saturated heterocycles. The van der Waals surface area contributed by atoms with Crippen LogP contribution in [0.25, 0.3) is 0 Å². The van der Waals surface area contributed by atoms with Crippen molar-refractivity contribution in [3.05, 3.63) is 27.4 Å². The van der Waals surface area contributed by atoms with Crippen molar-refractivity contribution in [1.82, 2.24) is 24.8 Å². The Bertz CT molecular complexity index is 444. The first-order valence-corrected chi connectivity index (χ1v) is 5.28. The van der Waals surface area contributed by atoms with Crippen LogP contribution >= 0.6 is 22.6 Å². The largest absolute Gasteiger partial charge is 0.263 e. The average molecular weight is 303 g/mol. The van der Waals surface area contributed by atoms with E-state index in [1.54, 1.807) is 11.0 Å². The van der Waals surface area contributed by atoms with Crippen LogP contribution < -0.4 is 0 Å². The molecule has 2 aromatic heterocycles. The van der Waals surface area contributed by atoms with E-state index < -0.39 is 0 Å². The fourth-order valence-electron chi connectivity index (χ4n) is 1.24. The van der Waals surface area contributed by atoms with Gasteiger partial charge in [-0.2, -0.15) is 20.1 Å². The van der Waals surface area contributed by atoms with Gasteiger partial charge in [0.1, 0.15) is 9.39 Å². The molecule has 14 heavy (non-hydrogen) atoms. The summed E-state index contributed by atoms with van der Waals surface area (Å²) in [7, 11) is 1.81. The molecule has 0 radical (unpaired) electrons. The predicted octanol–water partition coefficient (Wildman–Crippen LogP) is 0.973. The highest BCUT2D eigenvalue weighted by atomic mass is 127. The zero-order valence-corrected chi connectivity index (χ0v) is 10.1. The van der Waals surface area contributed by atoms with E-state index in [1.807, 2.05) is 24.7 Å². The predicted molar refractivity (Wildman–Crippen MR) is 59.8 cm³/mol. The lowest BCUT2D eigenvalue weighted by Crippen LogP contribution is -2.05. The van der Waals surface area contributed by atoms with Gasteiger partial charge in [0.2, 0.25) is 0 Å². The van der Waals surface area contributed by atoms with Crippen LogP contribution in [0.3, 0.4) is 0 Å². The molecule has 0 amide bonds. The maximum absolute atomic E-state index is 4.34. The van der Waals surface area contributed by atoms with Gasteiger partial charge in [0, 0.05) is 12.7 Å². The van der Waals surface area contributed by atoms with Crippen LogP contribution in [0.1, 0.15) is 11.4 Å². The quantitative estimate of drug-likeness (QED) is 0.777. The second kappa shape index (κ2) is 3.68. The van der Waals surface area contributed by atoms with E-state index in [2.05, 4.69) is 37.9 Å². The number of nitrogens with zero attached hydrogens (tertiary/aromatic N) is 5. The lowest BCUT2D eigenvalue weighted by atomic mass is 10.4. The minimum atomic E-state index is 0.683.